The molecule has 0 saturated carbocycles. The zero-order valence-corrected chi connectivity index (χ0v) is 10.3. The first-order chi connectivity index (χ1) is 8.01. The highest BCUT2D eigenvalue weighted by molar-refractivity contribution is 6.30. The highest BCUT2D eigenvalue weighted by atomic mass is 35.5. The van der Waals surface area contributed by atoms with Crippen molar-refractivity contribution in [1.29, 1.82) is 0 Å². The van der Waals surface area contributed by atoms with Gasteiger partial charge in [0.25, 0.3) is 0 Å². The normalized spacial score (nSPS) is 23.7. The molecule has 0 radical (unpaired) electrons. The van der Waals surface area contributed by atoms with Gasteiger partial charge in [-0.2, -0.15) is 0 Å². The van der Waals surface area contributed by atoms with Crippen molar-refractivity contribution in [3.05, 3.63) is 29.0 Å². The predicted octanol–water partition coefficient (Wildman–Crippen LogP) is 2.56. The molecular formula is C12H14ClFN2O. The van der Waals surface area contributed by atoms with E-state index in [4.69, 9.17) is 11.6 Å². The number of amides is 1. The summed E-state index contributed by atoms with van der Waals surface area (Å²) in [6.45, 7) is 2.62. The van der Waals surface area contributed by atoms with Crippen LogP contribution in [-0.4, -0.2) is 18.0 Å². The van der Waals surface area contributed by atoms with Crippen LogP contribution >= 0.6 is 11.6 Å². The smallest absolute Gasteiger partial charge is 0.244 e. The summed E-state index contributed by atoms with van der Waals surface area (Å²) in [7, 11) is 0. The lowest BCUT2D eigenvalue weighted by molar-refractivity contribution is -0.121. The van der Waals surface area contributed by atoms with Crippen molar-refractivity contribution in [3.63, 3.8) is 0 Å². The topological polar surface area (TPSA) is 41.1 Å². The van der Waals surface area contributed by atoms with E-state index in [0.717, 1.165) is 19.4 Å². The molecule has 1 aliphatic heterocycles. The Hall–Kier alpha value is -1.13. The highest BCUT2D eigenvalue weighted by Crippen LogP contribution is 2.24. The zero-order chi connectivity index (χ0) is 12.5. The molecule has 1 heterocycles. The Morgan fingerprint density at radius 3 is 3.00 bits per heavy atom. The highest BCUT2D eigenvalue weighted by Gasteiger charge is 2.36. The lowest BCUT2D eigenvalue weighted by Crippen LogP contribution is -2.48. The Morgan fingerprint density at radius 2 is 2.35 bits per heavy atom. The Kier molecular flexibility index (Phi) is 3.35. The van der Waals surface area contributed by atoms with Crippen LogP contribution in [0.5, 0.6) is 0 Å². The molecule has 1 aromatic rings. The van der Waals surface area contributed by atoms with Gasteiger partial charge in [-0.25, -0.2) is 4.39 Å². The molecule has 2 rings (SSSR count). The van der Waals surface area contributed by atoms with Crippen molar-refractivity contribution >= 4 is 23.2 Å². The molecule has 2 N–H and O–H groups in total. The molecule has 0 aromatic heterocycles. The van der Waals surface area contributed by atoms with Crippen molar-refractivity contribution in [2.75, 3.05) is 11.9 Å². The quantitative estimate of drug-likeness (QED) is 0.854. The van der Waals surface area contributed by atoms with E-state index in [2.05, 4.69) is 10.6 Å². The summed E-state index contributed by atoms with van der Waals surface area (Å²) >= 11 is 5.76. The van der Waals surface area contributed by atoms with Crippen LogP contribution in [0.4, 0.5) is 10.1 Å². The van der Waals surface area contributed by atoms with E-state index in [1.165, 1.54) is 18.2 Å². The number of hydrogen-bond acceptors (Lipinski definition) is 2. The summed E-state index contributed by atoms with van der Waals surface area (Å²) in [6, 6.07) is 4.09. The third kappa shape index (κ3) is 2.58. The minimum atomic E-state index is -0.616. The monoisotopic (exact) mass is 256 g/mol. The van der Waals surface area contributed by atoms with E-state index in [-0.39, 0.29) is 11.6 Å². The average Bonchev–Trinajstić information content (AvgIpc) is 2.72. The van der Waals surface area contributed by atoms with Crippen molar-refractivity contribution in [2.24, 2.45) is 0 Å². The largest absolute Gasteiger partial charge is 0.322 e. The molecule has 1 unspecified atom stereocenters. The maximum atomic E-state index is 13.4. The first-order valence-electron chi connectivity index (χ1n) is 5.53. The van der Waals surface area contributed by atoms with Crippen molar-refractivity contribution in [2.45, 2.75) is 25.3 Å². The van der Waals surface area contributed by atoms with Gasteiger partial charge in [0.15, 0.2) is 0 Å². The number of nitrogens with one attached hydrogen (secondary N) is 2. The molecule has 1 fully saturated rings. The fourth-order valence-electron chi connectivity index (χ4n) is 1.94. The van der Waals surface area contributed by atoms with Crippen LogP contribution in [0.2, 0.25) is 5.02 Å². The second-order valence-corrected chi connectivity index (χ2v) is 4.88. The van der Waals surface area contributed by atoms with Crippen molar-refractivity contribution in [1.82, 2.24) is 5.32 Å². The van der Waals surface area contributed by atoms with Gasteiger partial charge in [0.2, 0.25) is 5.91 Å². The van der Waals surface area contributed by atoms with E-state index in [1.54, 1.807) is 0 Å². The summed E-state index contributed by atoms with van der Waals surface area (Å²) in [4.78, 5) is 12.0. The van der Waals surface area contributed by atoms with Gasteiger partial charge in [0.1, 0.15) is 5.82 Å². The van der Waals surface area contributed by atoms with Crippen molar-refractivity contribution in [3.8, 4) is 0 Å². The van der Waals surface area contributed by atoms with Gasteiger partial charge in [0.05, 0.1) is 11.2 Å². The molecule has 17 heavy (non-hydrogen) atoms. The van der Waals surface area contributed by atoms with Crippen LogP contribution in [0.1, 0.15) is 19.8 Å². The number of carbonyl (C=O) groups is 1. The third-order valence-electron chi connectivity index (χ3n) is 3.05. The maximum Gasteiger partial charge on any atom is 0.244 e. The van der Waals surface area contributed by atoms with Crippen LogP contribution in [0.15, 0.2) is 18.2 Å². The van der Waals surface area contributed by atoms with Gasteiger partial charge in [0, 0.05) is 5.02 Å². The van der Waals surface area contributed by atoms with Gasteiger partial charge >= 0.3 is 0 Å². The number of anilines is 1. The third-order valence-corrected chi connectivity index (χ3v) is 3.28. The van der Waals surface area contributed by atoms with Gasteiger partial charge < -0.3 is 10.6 Å². The molecule has 1 atom stereocenters. The van der Waals surface area contributed by atoms with Crippen LogP contribution in [-0.2, 0) is 4.79 Å². The van der Waals surface area contributed by atoms with Crippen LogP contribution in [0.3, 0.4) is 0 Å². The summed E-state index contributed by atoms with van der Waals surface area (Å²) < 4.78 is 13.4. The minimum absolute atomic E-state index is 0.123. The Labute approximate surface area is 104 Å². The van der Waals surface area contributed by atoms with E-state index < -0.39 is 11.4 Å². The summed E-state index contributed by atoms with van der Waals surface area (Å²) in [6.07, 6.45) is 1.70. The second-order valence-electron chi connectivity index (χ2n) is 4.44. The van der Waals surface area contributed by atoms with E-state index in [0.29, 0.717) is 5.02 Å². The molecule has 1 aliphatic rings. The SMILES string of the molecule is CC1(C(=O)Nc2cc(Cl)ccc2F)CCCN1. The Bertz CT molecular complexity index is 444. The van der Waals surface area contributed by atoms with Gasteiger partial charge in [-0.15, -0.1) is 0 Å². The van der Waals surface area contributed by atoms with Crippen LogP contribution in [0.25, 0.3) is 0 Å². The molecule has 0 aliphatic carbocycles. The van der Waals surface area contributed by atoms with Gasteiger partial charge in [-0.3, -0.25) is 4.79 Å². The van der Waals surface area contributed by atoms with E-state index in [9.17, 15) is 9.18 Å². The number of benzene rings is 1. The lowest BCUT2D eigenvalue weighted by atomic mass is 9.99. The Balaban J connectivity index is 2.15. The number of rotatable bonds is 2. The molecule has 0 bridgehead atoms. The molecular weight excluding hydrogens is 243 g/mol. The predicted molar refractivity (Wildman–Crippen MR) is 65.7 cm³/mol. The van der Waals surface area contributed by atoms with Gasteiger partial charge in [-0.1, -0.05) is 11.6 Å². The summed E-state index contributed by atoms with van der Waals surface area (Å²) in [5.74, 6) is -0.708. The first kappa shape index (κ1) is 12.3. The minimum Gasteiger partial charge on any atom is -0.322 e. The van der Waals surface area contributed by atoms with Crippen molar-refractivity contribution < 1.29 is 9.18 Å². The fraction of sp³-hybridized carbons (Fsp3) is 0.417. The second kappa shape index (κ2) is 4.63. The molecule has 3 nitrogen and oxygen atoms in total. The maximum absolute atomic E-state index is 13.4. The fourth-order valence-corrected chi connectivity index (χ4v) is 2.11. The molecule has 1 aromatic carbocycles. The molecule has 1 saturated heterocycles. The molecule has 92 valence electrons. The number of carbonyl (C=O) groups excluding carboxylic acids is 1. The molecule has 0 spiro atoms. The van der Waals surface area contributed by atoms with Crippen LogP contribution < -0.4 is 10.6 Å². The number of halogens is 2. The lowest BCUT2D eigenvalue weighted by Gasteiger charge is -2.23. The molecule has 5 heteroatoms. The summed E-state index contributed by atoms with van der Waals surface area (Å²) in [5.41, 5.74) is -0.494. The van der Waals surface area contributed by atoms with E-state index >= 15 is 0 Å². The first-order valence-corrected chi connectivity index (χ1v) is 5.91. The zero-order valence-electron chi connectivity index (χ0n) is 9.52. The molecule has 1 amide bonds. The number of hydrogen-bond donors (Lipinski definition) is 2. The summed E-state index contributed by atoms with van der Waals surface area (Å²) in [5, 5.41) is 6.09. The Morgan fingerprint density at radius 1 is 1.59 bits per heavy atom. The van der Waals surface area contributed by atoms with Crippen LogP contribution in [0, 0.1) is 5.82 Å². The van der Waals surface area contributed by atoms with Gasteiger partial charge in [-0.05, 0) is 44.5 Å². The standard InChI is InChI=1S/C12H14ClFN2O/c1-12(5-2-6-15-12)11(17)16-10-7-8(13)3-4-9(10)14/h3-4,7,15H,2,5-6H2,1H3,(H,16,17). The van der Waals surface area contributed by atoms with E-state index in [1.807, 2.05) is 6.92 Å². The average molecular weight is 257 g/mol.